The van der Waals surface area contributed by atoms with Crippen molar-refractivity contribution in [1.29, 1.82) is 0 Å². The molecule has 8 nitrogen and oxygen atoms in total. The van der Waals surface area contributed by atoms with Crippen LogP contribution in [0, 0.1) is 0 Å². The molecule has 2 N–H and O–H groups in total. The Morgan fingerprint density at radius 3 is 2.67 bits per heavy atom. The first kappa shape index (κ1) is 27.1. The number of carbonyl (C=O) groups is 1. The Kier molecular flexibility index (Phi) is 7.61. The van der Waals surface area contributed by atoms with E-state index in [9.17, 15) is 23.1 Å². The number of hydrogen-bond donors (Lipinski definition) is 2. The number of halogens is 4. The van der Waals surface area contributed by atoms with Gasteiger partial charge in [0.1, 0.15) is 6.61 Å². The van der Waals surface area contributed by atoms with E-state index in [0.717, 1.165) is 6.07 Å². The van der Waals surface area contributed by atoms with E-state index < -0.39 is 17.7 Å². The molecule has 204 valence electrons. The number of piperidine rings is 1. The summed E-state index contributed by atoms with van der Waals surface area (Å²) in [5.74, 6) is -1.31. The van der Waals surface area contributed by atoms with Crippen molar-refractivity contribution in [3.63, 3.8) is 0 Å². The third kappa shape index (κ3) is 6.07. The number of benzene rings is 2. The Bertz CT molecular complexity index is 1570. The molecule has 0 saturated carbocycles. The molecule has 3 aromatic rings. The molecule has 0 bridgehead atoms. The first-order chi connectivity index (χ1) is 18.6. The number of aliphatic carboxylic acids is 1. The highest BCUT2D eigenvalue weighted by Gasteiger charge is 2.34. The number of hydrogen-bond acceptors (Lipinski definition) is 8. The van der Waals surface area contributed by atoms with Crippen molar-refractivity contribution in [2.24, 2.45) is 10.2 Å². The van der Waals surface area contributed by atoms with Gasteiger partial charge in [-0.3, -0.25) is 0 Å². The SMILES string of the molecule is O=C(O)COC1CCN(c2nc(O)c(C(Cc3ccc(Cl)cc3C(F)(F)F)=c3ccc4c(c3)C=NN=4)s2)CC1. The summed E-state index contributed by atoms with van der Waals surface area (Å²) in [5, 5.41) is 29.4. The van der Waals surface area contributed by atoms with E-state index in [-0.39, 0.29) is 35.6 Å². The van der Waals surface area contributed by atoms with Gasteiger partial charge in [0.15, 0.2) is 5.13 Å². The number of alkyl halides is 3. The zero-order valence-electron chi connectivity index (χ0n) is 20.3. The Hall–Kier alpha value is -3.48. The van der Waals surface area contributed by atoms with Gasteiger partial charge in [0.2, 0.25) is 5.88 Å². The second kappa shape index (κ2) is 10.9. The van der Waals surface area contributed by atoms with Gasteiger partial charge in [0.05, 0.1) is 28.1 Å². The fraction of sp³-hybridized carbons (Fsp3) is 0.308. The monoisotopic (exact) mass is 578 g/mol. The number of thiazole rings is 1. The lowest BCUT2D eigenvalue weighted by Crippen LogP contribution is -2.37. The Morgan fingerprint density at radius 2 is 1.95 bits per heavy atom. The second-order valence-electron chi connectivity index (χ2n) is 9.11. The zero-order chi connectivity index (χ0) is 27.7. The van der Waals surface area contributed by atoms with Crippen LogP contribution in [0.25, 0.3) is 5.57 Å². The highest BCUT2D eigenvalue weighted by atomic mass is 35.5. The normalized spacial score (nSPS) is 16.3. The minimum atomic E-state index is -4.62. The molecule has 0 aliphatic carbocycles. The molecule has 0 spiro atoms. The van der Waals surface area contributed by atoms with E-state index in [1.54, 1.807) is 24.4 Å². The molecule has 5 rings (SSSR count). The Morgan fingerprint density at radius 1 is 1.18 bits per heavy atom. The summed E-state index contributed by atoms with van der Waals surface area (Å²) in [6, 6.07) is 8.89. The minimum absolute atomic E-state index is 0.00602. The van der Waals surface area contributed by atoms with Crippen molar-refractivity contribution < 1.29 is 32.9 Å². The molecule has 1 aromatic heterocycles. The molecule has 39 heavy (non-hydrogen) atoms. The fourth-order valence-electron chi connectivity index (χ4n) is 4.60. The van der Waals surface area contributed by atoms with E-state index in [0.29, 0.717) is 57.7 Å². The summed E-state index contributed by atoms with van der Waals surface area (Å²) in [7, 11) is 0. The number of fused-ring (bicyclic) bond motifs is 1. The largest absolute Gasteiger partial charge is 0.492 e. The van der Waals surface area contributed by atoms with E-state index in [1.165, 1.54) is 23.5 Å². The van der Waals surface area contributed by atoms with Crippen molar-refractivity contribution in [2.45, 2.75) is 31.5 Å². The Balaban J connectivity index is 1.52. The van der Waals surface area contributed by atoms with Crippen LogP contribution in [0.2, 0.25) is 5.02 Å². The molecular formula is C26H22ClF3N4O4S. The predicted molar refractivity (Wildman–Crippen MR) is 140 cm³/mol. The first-order valence-corrected chi connectivity index (χ1v) is 13.2. The van der Waals surface area contributed by atoms with Crippen LogP contribution in [-0.2, 0) is 22.1 Å². The summed E-state index contributed by atoms with van der Waals surface area (Å²) < 4.78 is 47.1. The zero-order valence-corrected chi connectivity index (χ0v) is 21.9. The topological polar surface area (TPSA) is 108 Å². The summed E-state index contributed by atoms with van der Waals surface area (Å²) in [6.45, 7) is 0.686. The molecule has 0 unspecified atom stereocenters. The van der Waals surface area contributed by atoms with Gasteiger partial charge in [0, 0.05) is 30.1 Å². The van der Waals surface area contributed by atoms with Gasteiger partial charge < -0.3 is 19.8 Å². The van der Waals surface area contributed by atoms with Gasteiger partial charge >= 0.3 is 12.1 Å². The summed E-state index contributed by atoms with van der Waals surface area (Å²) in [5.41, 5.74) is 0.334. The number of rotatable bonds is 7. The molecule has 2 aliphatic heterocycles. The molecule has 0 amide bonds. The van der Waals surface area contributed by atoms with Crippen LogP contribution in [0.5, 0.6) is 5.88 Å². The second-order valence-corrected chi connectivity index (χ2v) is 10.5. The quantitative estimate of drug-likeness (QED) is 0.439. The molecule has 1 fully saturated rings. The lowest BCUT2D eigenvalue weighted by atomic mass is 9.96. The van der Waals surface area contributed by atoms with E-state index in [1.807, 2.05) is 4.90 Å². The van der Waals surface area contributed by atoms with Crippen molar-refractivity contribution in [2.75, 3.05) is 24.6 Å². The number of carboxylic acid groups (broad SMARTS) is 1. The maximum Gasteiger partial charge on any atom is 0.416 e. The molecule has 2 aromatic carbocycles. The van der Waals surface area contributed by atoms with Gasteiger partial charge in [-0.25, -0.2) is 4.79 Å². The van der Waals surface area contributed by atoms with E-state index in [4.69, 9.17) is 21.4 Å². The lowest BCUT2D eigenvalue weighted by molar-refractivity contribution is -0.144. The summed E-state index contributed by atoms with van der Waals surface area (Å²) >= 11 is 7.08. The Labute approximate surface area is 229 Å². The van der Waals surface area contributed by atoms with Crippen LogP contribution in [0.4, 0.5) is 18.3 Å². The fourth-order valence-corrected chi connectivity index (χ4v) is 5.85. The average molecular weight is 579 g/mol. The van der Waals surface area contributed by atoms with Crippen molar-refractivity contribution >= 4 is 45.8 Å². The van der Waals surface area contributed by atoms with Gasteiger partial charge in [-0.2, -0.15) is 28.4 Å². The molecule has 13 heteroatoms. The van der Waals surface area contributed by atoms with Crippen molar-refractivity contribution in [3.05, 3.63) is 73.6 Å². The van der Waals surface area contributed by atoms with Crippen LogP contribution in [-0.4, -0.2) is 53.2 Å². The first-order valence-electron chi connectivity index (χ1n) is 12.0. The van der Waals surface area contributed by atoms with Crippen LogP contribution >= 0.6 is 22.9 Å². The van der Waals surface area contributed by atoms with E-state index in [2.05, 4.69) is 15.2 Å². The molecule has 0 atom stereocenters. The molecular weight excluding hydrogens is 557 g/mol. The van der Waals surface area contributed by atoms with Crippen LogP contribution in [0.3, 0.4) is 0 Å². The molecule has 1 saturated heterocycles. The lowest BCUT2D eigenvalue weighted by Gasteiger charge is -2.31. The number of anilines is 1. The maximum absolute atomic E-state index is 13.9. The minimum Gasteiger partial charge on any atom is -0.492 e. The average Bonchev–Trinajstić information content (AvgIpc) is 3.52. The van der Waals surface area contributed by atoms with Crippen LogP contribution in [0.1, 0.15) is 34.4 Å². The van der Waals surface area contributed by atoms with Gasteiger partial charge in [-0.1, -0.05) is 35.1 Å². The smallest absolute Gasteiger partial charge is 0.416 e. The number of nitrogens with zero attached hydrogens (tertiary/aromatic N) is 4. The molecule has 2 aliphatic rings. The highest BCUT2D eigenvalue weighted by molar-refractivity contribution is 7.17. The summed E-state index contributed by atoms with van der Waals surface area (Å²) in [6.07, 6.45) is -2.24. The van der Waals surface area contributed by atoms with Gasteiger partial charge in [-0.05, 0) is 53.5 Å². The van der Waals surface area contributed by atoms with Crippen molar-refractivity contribution in [3.8, 4) is 5.88 Å². The van der Waals surface area contributed by atoms with Crippen LogP contribution < -0.4 is 15.5 Å². The number of carboxylic acids is 1. The molecule has 0 radical (unpaired) electrons. The molecule has 3 heterocycles. The van der Waals surface area contributed by atoms with Crippen molar-refractivity contribution in [1.82, 2.24) is 4.98 Å². The van der Waals surface area contributed by atoms with Crippen LogP contribution in [0.15, 0.2) is 46.6 Å². The summed E-state index contributed by atoms with van der Waals surface area (Å²) in [4.78, 5) is 17.4. The van der Waals surface area contributed by atoms with E-state index >= 15 is 0 Å². The third-order valence-corrected chi connectivity index (χ3v) is 7.91. The van der Waals surface area contributed by atoms with Gasteiger partial charge in [0.25, 0.3) is 0 Å². The highest BCUT2D eigenvalue weighted by Crippen LogP contribution is 2.40. The number of aromatic hydroxyl groups is 1. The standard InChI is InChI=1S/C26H22ClF3N4O4S/c27-17-3-1-15(20(11-17)26(28,29)30)10-19(14-2-4-21-16(9-14)12-31-33-21)23-24(37)32-25(39-23)34-7-5-18(6-8-34)38-13-22(35)36/h1-4,9,11-12,18,37H,5-8,10,13H2,(H,35,36). The third-order valence-electron chi connectivity index (χ3n) is 6.51. The predicted octanol–water partition coefficient (Wildman–Crippen LogP) is 4.00. The number of ether oxygens (including phenoxy) is 1. The van der Waals surface area contributed by atoms with Gasteiger partial charge in [-0.15, -0.1) is 0 Å². The maximum atomic E-state index is 13.9. The number of aromatic nitrogens is 1.